The zero-order valence-electron chi connectivity index (χ0n) is 9.86. The van der Waals surface area contributed by atoms with Crippen molar-refractivity contribution in [2.45, 2.75) is 6.18 Å². The number of hydrogen-bond donors (Lipinski definition) is 1. The molecule has 0 spiro atoms. The molecule has 0 saturated carbocycles. The molecule has 1 aromatic carbocycles. The summed E-state index contributed by atoms with van der Waals surface area (Å²) in [6.07, 6.45) is -4.50. The molecule has 2 rings (SSSR count). The first kappa shape index (κ1) is 14.1. The van der Waals surface area contributed by atoms with Crippen molar-refractivity contribution in [2.75, 3.05) is 5.32 Å². The lowest BCUT2D eigenvalue weighted by molar-refractivity contribution is -0.137. The van der Waals surface area contributed by atoms with Crippen LogP contribution in [0.4, 0.5) is 18.2 Å². The molecule has 102 valence electrons. The summed E-state index contributed by atoms with van der Waals surface area (Å²) >= 11 is 1.13. The molecular formula is C13H7F3N2OS. The predicted molar refractivity (Wildman–Crippen MR) is 68.4 cm³/mol. The van der Waals surface area contributed by atoms with Crippen molar-refractivity contribution >= 4 is 22.2 Å². The van der Waals surface area contributed by atoms with Crippen LogP contribution in [-0.4, -0.2) is 5.91 Å². The van der Waals surface area contributed by atoms with E-state index < -0.39 is 17.6 Å². The van der Waals surface area contributed by atoms with E-state index in [9.17, 15) is 18.0 Å². The Bertz CT molecular complexity index is 685. The average Bonchev–Trinajstić information content (AvgIpc) is 2.85. The summed E-state index contributed by atoms with van der Waals surface area (Å²) in [6, 6.07) is 7.51. The Hall–Kier alpha value is -2.33. The molecular weight excluding hydrogens is 289 g/mol. The molecule has 0 aliphatic rings. The Morgan fingerprint density at radius 1 is 1.30 bits per heavy atom. The summed E-state index contributed by atoms with van der Waals surface area (Å²) in [5.41, 5.74) is -0.732. The highest BCUT2D eigenvalue weighted by molar-refractivity contribution is 7.14. The lowest BCUT2D eigenvalue weighted by atomic mass is 10.1. The normalized spacial score (nSPS) is 10.9. The molecule has 0 atom stereocenters. The minimum atomic E-state index is -4.50. The van der Waals surface area contributed by atoms with Crippen molar-refractivity contribution < 1.29 is 18.0 Å². The van der Waals surface area contributed by atoms with Crippen molar-refractivity contribution in [1.29, 1.82) is 5.26 Å². The van der Waals surface area contributed by atoms with Crippen molar-refractivity contribution in [2.24, 2.45) is 0 Å². The quantitative estimate of drug-likeness (QED) is 0.914. The number of carbonyl (C=O) groups is 1. The summed E-state index contributed by atoms with van der Waals surface area (Å²) in [5, 5.41) is 13.2. The highest BCUT2D eigenvalue weighted by Crippen LogP contribution is 2.30. The maximum Gasteiger partial charge on any atom is 0.416 e. The molecule has 0 aliphatic heterocycles. The van der Waals surface area contributed by atoms with Crippen LogP contribution < -0.4 is 5.32 Å². The first-order chi connectivity index (χ1) is 9.41. The first-order valence-corrected chi connectivity index (χ1v) is 6.26. The van der Waals surface area contributed by atoms with Crippen LogP contribution in [0.3, 0.4) is 0 Å². The number of alkyl halides is 3. The van der Waals surface area contributed by atoms with Crippen molar-refractivity contribution in [3.63, 3.8) is 0 Å². The third-order valence-electron chi connectivity index (χ3n) is 2.46. The van der Waals surface area contributed by atoms with Gasteiger partial charge >= 0.3 is 6.18 Å². The second kappa shape index (κ2) is 5.35. The van der Waals surface area contributed by atoms with Crippen LogP contribution in [0.15, 0.2) is 35.7 Å². The van der Waals surface area contributed by atoms with Gasteiger partial charge in [0.25, 0.3) is 5.91 Å². The van der Waals surface area contributed by atoms with Gasteiger partial charge in [-0.05, 0) is 29.6 Å². The van der Waals surface area contributed by atoms with Crippen LogP contribution >= 0.6 is 11.3 Å². The number of nitrogens with one attached hydrogen (secondary N) is 1. The fraction of sp³-hybridized carbons (Fsp3) is 0.0769. The number of nitrogens with zero attached hydrogens (tertiary/aromatic N) is 1. The number of hydrogen-bond acceptors (Lipinski definition) is 3. The monoisotopic (exact) mass is 296 g/mol. The SMILES string of the molecule is N#Cc1ccsc1NC(=O)c1cccc(C(F)(F)F)c1. The van der Waals surface area contributed by atoms with E-state index in [-0.39, 0.29) is 11.1 Å². The highest BCUT2D eigenvalue weighted by Gasteiger charge is 2.30. The predicted octanol–water partition coefficient (Wildman–Crippen LogP) is 3.89. The zero-order chi connectivity index (χ0) is 14.8. The maximum absolute atomic E-state index is 12.6. The Balaban J connectivity index is 2.25. The molecule has 0 aliphatic carbocycles. The lowest BCUT2D eigenvalue weighted by Gasteiger charge is -2.08. The highest BCUT2D eigenvalue weighted by atomic mass is 32.1. The molecule has 2 aromatic rings. The number of thiophene rings is 1. The fourth-order valence-corrected chi connectivity index (χ4v) is 2.24. The van der Waals surface area contributed by atoms with E-state index in [1.807, 2.05) is 6.07 Å². The third kappa shape index (κ3) is 2.97. The number of halogens is 3. The second-order valence-corrected chi connectivity index (χ2v) is 4.72. The van der Waals surface area contributed by atoms with Crippen molar-refractivity contribution in [1.82, 2.24) is 0 Å². The van der Waals surface area contributed by atoms with Gasteiger partial charge in [-0.1, -0.05) is 6.07 Å². The summed E-state index contributed by atoms with van der Waals surface area (Å²) in [5.74, 6) is -0.685. The van der Waals surface area contributed by atoms with Crippen LogP contribution in [0.2, 0.25) is 0 Å². The number of carbonyl (C=O) groups excluding carboxylic acids is 1. The summed E-state index contributed by atoms with van der Waals surface area (Å²) < 4.78 is 37.7. The Labute approximate surface area is 116 Å². The molecule has 0 fully saturated rings. The second-order valence-electron chi connectivity index (χ2n) is 3.81. The number of anilines is 1. The van der Waals surface area contributed by atoms with Gasteiger partial charge in [0.05, 0.1) is 11.1 Å². The molecule has 0 radical (unpaired) electrons. The van der Waals surface area contributed by atoms with Gasteiger partial charge in [0, 0.05) is 5.56 Å². The van der Waals surface area contributed by atoms with Crippen LogP contribution in [0, 0.1) is 11.3 Å². The van der Waals surface area contributed by atoms with Gasteiger partial charge in [-0.2, -0.15) is 18.4 Å². The Morgan fingerprint density at radius 3 is 2.70 bits per heavy atom. The van der Waals surface area contributed by atoms with Gasteiger partial charge in [-0.15, -0.1) is 11.3 Å². The molecule has 0 unspecified atom stereocenters. The van der Waals surface area contributed by atoms with E-state index in [1.165, 1.54) is 12.1 Å². The van der Waals surface area contributed by atoms with E-state index in [4.69, 9.17) is 5.26 Å². The zero-order valence-corrected chi connectivity index (χ0v) is 10.7. The van der Waals surface area contributed by atoms with Gasteiger partial charge in [0.15, 0.2) is 0 Å². The minimum absolute atomic E-state index is 0.114. The maximum atomic E-state index is 12.6. The fourth-order valence-electron chi connectivity index (χ4n) is 1.51. The van der Waals surface area contributed by atoms with Crippen LogP contribution in [-0.2, 0) is 6.18 Å². The minimum Gasteiger partial charge on any atom is -0.312 e. The van der Waals surface area contributed by atoms with Crippen LogP contribution in [0.1, 0.15) is 21.5 Å². The standard InChI is InChI=1S/C13H7F3N2OS/c14-13(15,16)10-3-1-2-8(6-10)11(19)18-12-9(7-17)4-5-20-12/h1-6H,(H,18,19). The summed E-state index contributed by atoms with van der Waals surface area (Å²) in [7, 11) is 0. The number of rotatable bonds is 2. The van der Waals surface area contributed by atoms with Crippen LogP contribution in [0.25, 0.3) is 0 Å². The van der Waals surface area contributed by atoms with E-state index in [1.54, 1.807) is 5.38 Å². The first-order valence-electron chi connectivity index (χ1n) is 5.38. The van der Waals surface area contributed by atoms with E-state index in [0.717, 1.165) is 29.5 Å². The molecule has 20 heavy (non-hydrogen) atoms. The topological polar surface area (TPSA) is 52.9 Å². The Morgan fingerprint density at radius 2 is 2.05 bits per heavy atom. The molecule has 0 saturated heterocycles. The van der Waals surface area contributed by atoms with Gasteiger partial charge in [0.1, 0.15) is 11.1 Å². The molecule has 1 amide bonds. The summed E-state index contributed by atoms with van der Waals surface area (Å²) in [6.45, 7) is 0. The third-order valence-corrected chi connectivity index (χ3v) is 3.29. The number of benzene rings is 1. The smallest absolute Gasteiger partial charge is 0.312 e. The van der Waals surface area contributed by atoms with Crippen molar-refractivity contribution in [3.8, 4) is 6.07 Å². The molecule has 3 nitrogen and oxygen atoms in total. The van der Waals surface area contributed by atoms with E-state index in [2.05, 4.69) is 5.32 Å². The Kier molecular flexibility index (Phi) is 3.77. The van der Waals surface area contributed by atoms with Crippen molar-refractivity contribution in [3.05, 3.63) is 52.4 Å². The number of nitriles is 1. The molecule has 0 bridgehead atoms. The largest absolute Gasteiger partial charge is 0.416 e. The molecule has 1 aromatic heterocycles. The molecule has 1 heterocycles. The summed E-state index contributed by atoms with van der Waals surface area (Å²) in [4.78, 5) is 11.9. The molecule has 1 N–H and O–H groups in total. The van der Waals surface area contributed by atoms with Gasteiger partial charge in [-0.25, -0.2) is 0 Å². The van der Waals surface area contributed by atoms with E-state index >= 15 is 0 Å². The van der Waals surface area contributed by atoms with Gasteiger partial charge in [0.2, 0.25) is 0 Å². The van der Waals surface area contributed by atoms with E-state index in [0.29, 0.717) is 5.00 Å². The molecule has 7 heteroatoms. The van der Waals surface area contributed by atoms with Crippen LogP contribution in [0.5, 0.6) is 0 Å². The van der Waals surface area contributed by atoms with Gasteiger partial charge in [-0.3, -0.25) is 4.79 Å². The van der Waals surface area contributed by atoms with Gasteiger partial charge < -0.3 is 5.32 Å². The number of amides is 1. The average molecular weight is 296 g/mol. The lowest BCUT2D eigenvalue weighted by Crippen LogP contribution is -2.13.